The Balaban J connectivity index is 1.60. The summed E-state index contributed by atoms with van der Waals surface area (Å²) in [6.45, 7) is 10.5. The molecule has 0 aromatic heterocycles. The number of morpholine rings is 1. The smallest absolute Gasteiger partial charge is 0.319 e. The topological polar surface area (TPSA) is 262 Å². The van der Waals surface area contributed by atoms with Gasteiger partial charge in [-0.2, -0.15) is 8.42 Å². The molecule has 5 atom stereocenters. The van der Waals surface area contributed by atoms with E-state index < -0.39 is 80.7 Å². The summed E-state index contributed by atoms with van der Waals surface area (Å²) in [6, 6.07) is 16.1. The Morgan fingerprint density at radius 1 is 0.768 bits per heavy atom. The van der Waals surface area contributed by atoms with E-state index in [1.54, 1.807) is 44.2 Å². The van der Waals surface area contributed by atoms with E-state index >= 15 is 0 Å². The maximum atomic E-state index is 14.5. The molecule has 1 saturated heterocycles. The summed E-state index contributed by atoms with van der Waals surface area (Å²) >= 11 is 0. The molecule has 4 rings (SSSR count). The second-order valence-corrected chi connectivity index (χ2v) is 19.7. The summed E-state index contributed by atoms with van der Waals surface area (Å²) in [7, 11) is -4.89. The SMILES string of the molecule is C#CCNC(=O)Nc1ccc(S(=O)(=O)O)c(CC(C)(O)C(=O)[C@H](CC(C)C)NC(=O)[C@H](Cc2ccccc2)NC(=O)[C@H](CC(C)C)NC(=O)[C@H](CCc2ccccc2)NC(=O)CN2CCOCC2)c1. The number of nitrogens with one attached hydrogen (secondary N) is 6. The number of Topliss-reactive ketones (excluding diaryl/α,β-unsaturated/α-hetero) is 1. The number of urea groups is 1. The fourth-order valence-corrected chi connectivity index (χ4v) is 8.60. The molecule has 1 aliphatic heterocycles. The summed E-state index contributed by atoms with van der Waals surface area (Å²) < 4.78 is 40.4. The van der Waals surface area contributed by atoms with E-state index in [2.05, 4.69) is 37.8 Å². The second-order valence-electron chi connectivity index (χ2n) is 18.3. The Bertz CT molecular complexity index is 2370. The number of nitrogens with zero attached hydrogens (tertiary/aromatic N) is 1. The molecule has 374 valence electrons. The molecule has 1 unspecified atom stereocenters. The number of amides is 6. The molecule has 19 heteroatoms. The van der Waals surface area contributed by atoms with Crippen LogP contribution in [0.15, 0.2) is 83.8 Å². The van der Waals surface area contributed by atoms with Crippen LogP contribution in [0.1, 0.15) is 70.6 Å². The summed E-state index contributed by atoms with van der Waals surface area (Å²) in [5.41, 5.74) is -0.913. The van der Waals surface area contributed by atoms with Gasteiger partial charge in [-0.1, -0.05) is 94.3 Å². The van der Waals surface area contributed by atoms with E-state index in [-0.39, 0.29) is 67.8 Å². The van der Waals surface area contributed by atoms with Crippen molar-refractivity contribution in [1.29, 1.82) is 0 Å². The third-order valence-corrected chi connectivity index (χ3v) is 12.2. The average Bonchev–Trinajstić information content (AvgIpc) is 3.28. The van der Waals surface area contributed by atoms with Crippen LogP contribution in [0, 0.1) is 24.2 Å². The average molecular weight is 974 g/mol. The number of benzene rings is 3. The minimum absolute atomic E-state index is 0.0164. The Labute approximate surface area is 405 Å². The van der Waals surface area contributed by atoms with Crippen LogP contribution in [0.3, 0.4) is 0 Å². The van der Waals surface area contributed by atoms with Gasteiger partial charge in [0.1, 0.15) is 23.7 Å². The fraction of sp³-hybridized carbons (Fsp3) is 0.480. The van der Waals surface area contributed by atoms with Crippen molar-refractivity contribution in [3.63, 3.8) is 0 Å². The van der Waals surface area contributed by atoms with Gasteiger partial charge in [-0.05, 0) is 79.3 Å². The number of terminal acetylenes is 1. The van der Waals surface area contributed by atoms with Gasteiger partial charge < -0.3 is 41.7 Å². The lowest BCUT2D eigenvalue weighted by molar-refractivity contribution is -0.141. The lowest BCUT2D eigenvalue weighted by Gasteiger charge is -2.31. The number of rotatable bonds is 25. The van der Waals surface area contributed by atoms with Gasteiger partial charge in [-0.3, -0.25) is 33.4 Å². The highest BCUT2D eigenvalue weighted by Gasteiger charge is 2.40. The molecule has 0 bridgehead atoms. The van der Waals surface area contributed by atoms with Crippen LogP contribution in [-0.2, 0) is 58.1 Å². The first-order valence-corrected chi connectivity index (χ1v) is 24.5. The lowest BCUT2D eigenvalue weighted by atomic mass is 9.85. The van der Waals surface area contributed by atoms with Crippen molar-refractivity contribution >= 4 is 51.2 Å². The molecular formula is C50H67N7O11S. The molecule has 1 aliphatic rings. The van der Waals surface area contributed by atoms with Crippen LogP contribution in [-0.4, -0.2) is 128 Å². The summed E-state index contributed by atoms with van der Waals surface area (Å²) in [5, 5.41) is 28.0. The number of ketones is 1. The van der Waals surface area contributed by atoms with Crippen molar-refractivity contribution in [1.82, 2.24) is 31.5 Å². The van der Waals surface area contributed by atoms with E-state index in [0.29, 0.717) is 38.3 Å². The Morgan fingerprint density at radius 3 is 1.91 bits per heavy atom. The highest BCUT2D eigenvalue weighted by atomic mass is 32.2. The lowest BCUT2D eigenvalue weighted by Crippen LogP contribution is -2.60. The standard InChI is InChI=1S/C50H67N7O11S/c1-7-22-51-49(63)52-38-19-21-43(69(65,66)67)37(30-38)31-50(6,64)45(59)40(27-33(2)3)54-48(62)42(29-36-16-12-9-13-17-36)56-47(61)41(28-34(4)5)55-46(60)39(20-18-35-14-10-8-11-15-35)53-44(58)32-57-23-25-68-26-24-57/h1,8-17,19,21,30,33-34,39-42,64H,18,20,22-29,31-32H2,2-6H3,(H,53,58)(H,54,62)(H,55,60)(H,56,61)(H2,51,52,63)(H,65,66,67)/t39-,40-,41-,42-,50?/m0/s1. The molecule has 0 radical (unpaired) electrons. The molecule has 69 heavy (non-hydrogen) atoms. The van der Waals surface area contributed by atoms with Crippen molar-refractivity contribution in [3.8, 4) is 12.3 Å². The third kappa shape index (κ3) is 18.7. The van der Waals surface area contributed by atoms with E-state index in [9.17, 15) is 46.8 Å². The maximum absolute atomic E-state index is 14.5. The fourth-order valence-electron chi connectivity index (χ4n) is 7.90. The summed E-state index contributed by atoms with van der Waals surface area (Å²) in [4.78, 5) is 84.4. The normalized spacial score (nSPS) is 15.6. The number of aliphatic hydroxyl groups is 1. The van der Waals surface area contributed by atoms with Crippen molar-refractivity contribution in [2.24, 2.45) is 11.8 Å². The van der Waals surface area contributed by atoms with Gasteiger partial charge in [-0.15, -0.1) is 6.42 Å². The first-order chi connectivity index (χ1) is 32.6. The van der Waals surface area contributed by atoms with Crippen LogP contribution < -0.4 is 31.9 Å². The van der Waals surface area contributed by atoms with E-state index in [4.69, 9.17) is 11.2 Å². The zero-order chi connectivity index (χ0) is 50.7. The van der Waals surface area contributed by atoms with Crippen LogP contribution in [0.5, 0.6) is 0 Å². The summed E-state index contributed by atoms with van der Waals surface area (Å²) in [6.07, 6.45) is 5.37. The minimum Gasteiger partial charge on any atom is -0.382 e. The second kappa shape index (κ2) is 26.5. The number of hydrogen-bond donors (Lipinski definition) is 8. The van der Waals surface area contributed by atoms with Crippen molar-refractivity contribution in [2.75, 3.05) is 44.7 Å². The maximum Gasteiger partial charge on any atom is 0.319 e. The Hall–Kier alpha value is -6.17. The van der Waals surface area contributed by atoms with Crippen LogP contribution in [0.4, 0.5) is 10.5 Å². The van der Waals surface area contributed by atoms with Gasteiger partial charge in [0.2, 0.25) is 23.6 Å². The van der Waals surface area contributed by atoms with Crippen LogP contribution in [0.25, 0.3) is 0 Å². The minimum atomic E-state index is -4.89. The van der Waals surface area contributed by atoms with Crippen LogP contribution >= 0.6 is 0 Å². The predicted octanol–water partition coefficient (Wildman–Crippen LogP) is 2.79. The first-order valence-electron chi connectivity index (χ1n) is 23.1. The Kier molecular flexibility index (Phi) is 21.3. The third-order valence-electron chi connectivity index (χ3n) is 11.3. The number of hydrogen-bond acceptors (Lipinski definition) is 11. The van der Waals surface area contributed by atoms with E-state index in [1.807, 2.05) is 49.1 Å². The van der Waals surface area contributed by atoms with Gasteiger partial charge in [0.15, 0.2) is 5.78 Å². The zero-order valence-corrected chi connectivity index (χ0v) is 40.8. The highest BCUT2D eigenvalue weighted by Crippen LogP contribution is 2.27. The molecule has 0 saturated carbocycles. The van der Waals surface area contributed by atoms with E-state index in [1.165, 1.54) is 12.1 Å². The number of carbonyl (C=O) groups is 6. The van der Waals surface area contributed by atoms with Crippen molar-refractivity contribution in [3.05, 3.63) is 95.6 Å². The molecule has 3 aromatic carbocycles. The number of carbonyl (C=O) groups excluding carboxylic acids is 6. The van der Waals surface area contributed by atoms with Crippen molar-refractivity contribution < 1.29 is 51.6 Å². The molecule has 3 aromatic rings. The molecule has 0 spiro atoms. The first kappa shape index (κ1) is 55.4. The number of anilines is 1. The molecule has 18 nitrogen and oxygen atoms in total. The molecule has 8 N–H and O–H groups in total. The van der Waals surface area contributed by atoms with Gasteiger partial charge in [0.25, 0.3) is 10.1 Å². The molecule has 0 aliphatic carbocycles. The summed E-state index contributed by atoms with van der Waals surface area (Å²) in [5.74, 6) is -1.40. The monoisotopic (exact) mass is 973 g/mol. The van der Waals surface area contributed by atoms with Gasteiger partial charge >= 0.3 is 6.03 Å². The Morgan fingerprint density at radius 2 is 1.32 bits per heavy atom. The largest absolute Gasteiger partial charge is 0.382 e. The van der Waals surface area contributed by atoms with Gasteiger partial charge in [-0.25, -0.2) is 4.79 Å². The van der Waals surface area contributed by atoms with Crippen molar-refractivity contribution in [2.45, 2.75) is 108 Å². The number of aryl methyl sites for hydroxylation is 1. The van der Waals surface area contributed by atoms with Crippen LogP contribution in [0.2, 0.25) is 0 Å². The van der Waals surface area contributed by atoms with E-state index in [0.717, 1.165) is 18.6 Å². The number of ether oxygens (including phenoxy) is 1. The zero-order valence-electron chi connectivity index (χ0n) is 40.0. The molecule has 1 heterocycles. The molecular weight excluding hydrogens is 907 g/mol. The predicted molar refractivity (Wildman–Crippen MR) is 260 cm³/mol. The quantitative estimate of drug-likeness (QED) is 0.0451. The molecule has 1 fully saturated rings. The van der Waals surface area contributed by atoms with Gasteiger partial charge in [0, 0.05) is 31.6 Å². The van der Waals surface area contributed by atoms with Gasteiger partial charge in [0.05, 0.1) is 37.2 Å². The molecule has 6 amide bonds. The highest BCUT2D eigenvalue weighted by molar-refractivity contribution is 7.85.